The summed E-state index contributed by atoms with van der Waals surface area (Å²) in [6.45, 7) is 1.38. The first-order valence-corrected chi connectivity index (χ1v) is 9.85. The van der Waals surface area contributed by atoms with Crippen LogP contribution in [0.4, 0.5) is 24.5 Å². The molecule has 0 spiro atoms. The Morgan fingerprint density at radius 1 is 1.00 bits per heavy atom. The van der Waals surface area contributed by atoms with Gasteiger partial charge >= 0.3 is 18.0 Å². The molecule has 3 N–H and O–H groups in total. The van der Waals surface area contributed by atoms with Crippen LogP contribution in [0.25, 0.3) is 0 Å². The lowest BCUT2D eigenvalue weighted by atomic mass is 10.2. The van der Waals surface area contributed by atoms with Crippen LogP contribution < -0.4 is 25.5 Å². The Morgan fingerprint density at radius 2 is 1.71 bits per heavy atom. The van der Waals surface area contributed by atoms with Crippen molar-refractivity contribution in [1.29, 1.82) is 0 Å². The molecule has 0 aliphatic carbocycles. The van der Waals surface area contributed by atoms with Gasteiger partial charge in [-0.05, 0) is 37.3 Å². The average Bonchev–Trinajstić information content (AvgIpc) is 2.78. The van der Waals surface area contributed by atoms with Gasteiger partial charge < -0.3 is 20.1 Å². The largest absolute Gasteiger partial charge is 0.497 e. The van der Waals surface area contributed by atoms with Gasteiger partial charge in [0.25, 0.3) is 0 Å². The Labute approximate surface area is 197 Å². The average molecular weight is 501 g/mol. The summed E-state index contributed by atoms with van der Waals surface area (Å²) >= 11 is 5.54. The lowest BCUT2D eigenvalue weighted by Crippen LogP contribution is -2.33. The first-order valence-electron chi connectivity index (χ1n) is 9.47. The zero-order valence-corrected chi connectivity index (χ0v) is 18.9. The minimum absolute atomic E-state index is 0.0886. The fraction of sp³-hybridized carbons (Fsp3) is 0.238. The van der Waals surface area contributed by atoms with E-state index in [9.17, 15) is 27.6 Å². The Bertz CT molecular complexity index is 1120. The molecule has 0 radical (unpaired) electrons. The van der Waals surface area contributed by atoms with Gasteiger partial charge in [0.1, 0.15) is 11.5 Å². The van der Waals surface area contributed by atoms with Crippen molar-refractivity contribution in [3.8, 4) is 11.5 Å². The van der Waals surface area contributed by atoms with E-state index in [1.54, 1.807) is 6.07 Å². The van der Waals surface area contributed by atoms with Crippen LogP contribution in [-0.4, -0.2) is 37.7 Å². The molecule has 2 aromatic carbocycles. The number of hydrogen-bond acceptors (Lipinski definition) is 6. The number of carbonyl (C=O) groups is 3. The maximum Gasteiger partial charge on any atom is 0.417 e. The number of ether oxygens (including phenoxy) is 2. The van der Waals surface area contributed by atoms with Gasteiger partial charge in [0, 0.05) is 17.5 Å². The zero-order chi connectivity index (χ0) is 25.5. The van der Waals surface area contributed by atoms with E-state index >= 15 is 0 Å². The van der Waals surface area contributed by atoms with E-state index in [-0.39, 0.29) is 29.3 Å². The van der Waals surface area contributed by atoms with Crippen LogP contribution >= 0.6 is 11.6 Å². The Morgan fingerprint density at radius 3 is 2.32 bits per heavy atom. The van der Waals surface area contributed by atoms with Gasteiger partial charge in [0.05, 0.1) is 36.9 Å². The molecule has 0 aromatic heterocycles. The van der Waals surface area contributed by atoms with Crippen molar-refractivity contribution in [2.24, 2.45) is 5.10 Å². The number of carbonyl (C=O) groups excluding carboxylic acids is 3. The number of halogens is 4. The van der Waals surface area contributed by atoms with Crippen LogP contribution in [-0.2, 0) is 20.6 Å². The highest BCUT2D eigenvalue weighted by Gasteiger charge is 2.33. The summed E-state index contributed by atoms with van der Waals surface area (Å²) in [5.41, 5.74) is 1.08. The second kappa shape index (κ2) is 11.4. The zero-order valence-electron chi connectivity index (χ0n) is 18.2. The Hall–Kier alpha value is -3.80. The van der Waals surface area contributed by atoms with Crippen molar-refractivity contribution in [3.05, 3.63) is 47.0 Å². The van der Waals surface area contributed by atoms with Crippen molar-refractivity contribution in [3.63, 3.8) is 0 Å². The number of methoxy groups -OCH3 is 2. The quantitative estimate of drug-likeness (QED) is 0.303. The number of amides is 3. The SMILES string of the molecule is COc1ccc(NC(=O)C(=O)NN=C(C)CC(=O)Nc2ccc(Cl)c(C(F)(F)F)c2)c(OC)c1. The molecule has 182 valence electrons. The lowest BCUT2D eigenvalue weighted by molar-refractivity contribution is -0.137. The van der Waals surface area contributed by atoms with E-state index in [2.05, 4.69) is 15.7 Å². The van der Waals surface area contributed by atoms with Crippen LogP contribution in [0, 0.1) is 0 Å². The summed E-state index contributed by atoms with van der Waals surface area (Å²) in [5, 5.41) is 7.78. The number of alkyl halides is 3. The summed E-state index contributed by atoms with van der Waals surface area (Å²) in [7, 11) is 2.83. The van der Waals surface area contributed by atoms with Crippen molar-refractivity contribution in [2.45, 2.75) is 19.5 Å². The second-order valence-corrected chi connectivity index (χ2v) is 7.13. The molecule has 0 saturated heterocycles. The molecular weight excluding hydrogens is 481 g/mol. The molecule has 34 heavy (non-hydrogen) atoms. The van der Waals surface area contributed by atoms with Gasteiger partial charge in [0.15, 0.2) is 0 Å². The number of anilines is 2. The predicted molar refractivity (Wildman–Crippen MR) is 119 cm³/mol. The van der Waals surface area contributed by atoms with E-state index in [1.165, 1.54) is 39.3 Å². The molecule has 0 heterocycles. The maximum atomic E-state index is 12.9. The van der Waals surface area contributed by atoms with Gasteiger partial charge in [-0.3, -0.25) is 14.4 Å². The number of nitrogens with zero attached hydrogens (tertiary/aromatic N) is 1. The Balaban J connectivity index is 1.94. The molecule has 0 atom stereocenters. The van der Waals surface area contributed by atoms with E-state index in [0.29, 0.717) is 11.8 Å². The maximum absolute atomic E-state index is 12.9. The molecule has 2 rings (SSSR count). The highest BCUT2D eigenvalue weighted by atomic mass is 35.5. The smallest absolute Gasteiger partial charge is 0.417 e. The summed E-state index contributed by atoms with van der Waals surface area (Å²) in [6, 6.07) is 7.45. The van der Waals surface area contributed by atoms with Crippen molar-refractivity contribution >= 4 is 46.4 Å². The fourth-order valence-corrected chi connectivity index (χ4v) is 2.80. The molecule has 0 aliphatic heterocycles. The molecule has 13 heteroatoms. The molecular formula is C21H20ClF3N4O5. The predicted octanol–water partition coefficient (Wildman–Crippen LogP) is 3.84. The number of nitrogens with one attached hydrogen (secondary N) is 3. The van der Waals surface area contributed by atoms with Gasteiger partial charge in [0.2, 0.25) is 5.91 Å². The number of benzene rings is 2. The number of hydrogen-bond donors (Lipinski definition) is 3. The third-order valence-electron chi connectivity index (χ3n) is 4.18. The van der Waals surface area contributed by atoms with Gasteiger partial charge in [-0.25, -0.2) is 5.43 Å². The van der Waals surface area contributed by atoms with Crippen LogP contribution in [0.5, 0.6) is 11.5 Å². The fourth-order valence-electron chi connectivity index (χ4n) is 2.58. The standard InChI is InChI=1S/C21H20ClF3N4O5/c1-11(8-18(30)26-12-4-6-15(22)14(9-12)21(23,24)25)28-29-20(32)19(31)27-16-7-5-13(33-2)10-17(16)34-3/h4-7,9-10H,8H2,1-3H3,(H,26,30)(H,27,31)(H,29,32). The van der Waals surface area contributed by atoms with Crippen molar-refractivity contribution in [1.82, 2.24) is 5.43 Å². The minimum Gasteiger partial charge on any atom is -0.497 e. The highest BCUT2D eigenvalue weighted by Crippen LogP contribution is 2.36. The highest BCUT2D eigenvalue weighted by molar-refractivity contribution is 6.39. The number of rotatable bonds is 7. The molecule has 3 amide bonds. The topological polar surface area (TPSA) is 118 Å². The van der Waals surface area contributed by atoms with Crippen LogP contribution in [0.3, 0.4) is 0 Å². The lowest BCUT2D eigenvalue weighted by Gasteiger charge is -2.12. The van der Waals surface area contributed by atoms with E-state index in [1.807, 2.05) is 5.43 Å². The van der Waals surface area contributed by atoms with E-state index in [0.717, 1.165) is 6.07 Å². The molecule has 0 unspecified atom stereocenters. The molecule has 0 bridgehead atoms. The van der Waals surface area contributed by atoms with Gasteiger partial charge in [-0.2, -0.15) is 18.3 Å². The van der Waals surface area contributed by atoms with Crippen LogP contribution in [0.2, 0.25) is 5.02 Å². The number of hydrazone groups is 1. The third-order valence-corrected chi connectivity index (χ3v) is 4.51. The summed E-state index contributed by atoms with van der Waals surface area (Å²) < 4.78 is 49.0. The first kappa shape index (κ1) is 26.5. The second-order valence-electron chi connectivity index (χ2n) is 6.73. The molecule has 0 fully saturated rings. The minimum atomic E-state index is -4.68. The van der Waals surface area contributed by atoms with Gasteiger partial charge in [-0.1, -0.05) is 11.6 Å². The summed E-state index contributed by atoms with van der Waals surface area (Å²) in [4.78, 5) is 36.2. The third kappa shape index (κ3) is 7.37. The van der Waals surface area contributed by atoms with E-state index in [4.69, 9.17) is 21.1 Å². The summed E-state index contributed by atoms with van der Waals surface area (Å²) in [5.74, 6) is -2.13. The van der Waals surface area contributed by atoms with Crippen LogP contribution in [0.15, 0.2) is 41.5 Å². The summed E-state index contributed by atoms with van der Waals surface area (Å²) in [6.07, 6.45) is -5.05. The Kier molecular flexibility index (Phi) is 8.84. The van der Waals surface area contributed by atoms with E-state index < -0.39 is 34.5 Å². The normalized spacial score (nSPS) is 11.4. The molecule has 9 nitrogen and oxygen atoms in total. The van der Waals surface area contributed by atoms with Crippen LogP contribution in [0.1, 0.15) is 18.9 Å². The molecule has 0 aliphatic rings. The first-order chi connectivity index (χ1) is 15.9. The van der Waals surface area contributed by atoms with Gasteiger partial charge in [-0.15, -0.1) is 0 Å². The van der Waals surface area contributed by atoms with Crippen molar-refractivity contribution in [2.75, 3.05) is 24.9 Å². The van der Waals surface area contributed by atoms with Crippen molar-refractivity contribution < 1.29 is 37.0 Å². The molecule has 0 saturated carbocycles. The molecule has 2 aromatic rings. The monoisotopic (exact) mass is 500 g/mol.